The zero-order valence-electron chi connectivity index (χ0n) is 9.80. The van der Waals surface area contributed by atoms with Crippen molar-refractivity contribution in [3.05, 3.63) is 29.6 Å². The van der Waals surface area contributed by atoms with Crippen LogP contribution in [0.4, 0.5) is 10.1 Å². The highest BCUT2D eigenvalue weighted by Gasteiger charge is 2.10. The number of rotatable bonds is 4. The molecule has 1 fully saturated rings. The molecule has 0 bridgehead atoms. The molecule has 1 N–H and O–H groups in total. The van der Waals surface area contributed by atoms with E-state index in [1.807, 2.05) is 13.0 Å². The first kappa shape index (κ1) is 11.4. The minimum atomic E-state index is -0.160. The van der Waals surface area contributed by atoms with Crippen molar-refractivity contribution in [3.8, 4) is 0 Å². The Labute approximate surface area is 96.5 Å². The van der Waals surface area contributed by atoms with E-state index >= 15 is 0 Å². The molecule has 0 unspecified atom stereocenters. The average Bonchev–Trinajstić information content (AvgIpc) is 2.76. The van der Waals surface area contributed by atoms with Gasteiger partial charge < -0.3 is 10.2 Å². The number of benzene rings is 1. The van der Waals surface area contributed by atoms with E-state index < -0.39 is 0 Å². The molecule has 0 aliphatic carbocycles. The molecule has 2 nitrogen and oxygen atoms in total. The van der Waals surface area contributed by atoms with Crippen molar-refractivity contribution < 1.29 is 4.39 Å². The summed E-state index contributed by atoms with van der Waals surface area (Å²) in [6.45, 7) is 6.19. The summed E-state index contributed by atoms with van der Waals surface area (Å²) in [7, 11) is 0. The summed E-state index contributed by atoms with van der Waals surface area (Å²) in [5, 5.41) is 3.16. The first-order valence-electron chi connectivity index (χ1n) is 5.98. The molecule has 0 radical (unpaired) electrons. The molecular formula is C13H19FN2. The lowest BCUT2D eigenvalue weighted by Gasteiger charge is -2.15. The lowest BCUT2D eigenvalue weighted by molar-refractivity contribution is 0.352. The number of hydrogen-bond acceptors (Lipinski definition) is 2. The second-order valence-electron chi connectivity index (χ2n) is 4.46. The molecule has 0 amide bonds. The van der Waals surface area contributed by atoms with Crippen LogP contribution in [-0.2, 0) is 0 Å². The Morgan fingerprint density at radius 2 is 2.06 bits per heavy atom. The maximum absolute atomic E-state index is 13.4. The maximum atomic E-state index is 13.4. The van der Waals surface area contributed by atoms with Crippen LogP contribution in [0.3, 0.4) is 0 Å². The fourth-order valence-electron chi connectivity index (χ4n) is 2.13. The number of nitrogens with zero attached hydrogens (tertiary/aromatic N) is 1. The van der Waals surface area contributed by atoms with Crippen molar-refractivity contribution >= 4 is 5.69 Å². The van der Waals surface area contributed by atoms with E-state index in [9.17, 15) is 4.39 Å². The predicted molar refractivity (Wildman–Crippen MR) is 65.3 cm³/mol. The van der Waals surface area contributed by atoms with Gasteiger partial charge in [0.2, 0.25) is 0 Å². The third-order valence-corrected chi connectivity index (χ3v) is 3.06. The molecule has 0 saturated carbocycles. The summed E-state index contributed by atoms with van der Waals surface area (Å²) >= 11 is 0. The summed E-state index contributed by atoms with van der Waals surface area (Å²) < 4.78 is 13.4. The van der Waals surface area contributed by atoms with Gasteiger partial charge in [0.05, 0.1) is 5.69 Å². The fourth-order valence-corrected chi connectivity index (χ4v) is 2.13. The Bertz CT molecular complexity index is 346. The van der Waals surface area contributed by atoms with Crippen molar-refractivity contribution in [2.24, 2.45) is 0 Å². The third-order valence-electron chi connectivity index (χ3n) is 3.06. The highest BCUT2D eigenvalue weighted by atomic mass is 19.1. The molecule has 2 rings (SSSR count). The molecule has 0 spiro atoms. The second kappa shape index (κ2) is 5.30. The SMILES string of the molecule is Cc1ccc(F)c(NCCN2CCCC2)c1. The largest absolute Gasteiger partial charge is 0.381 e. The third kappa shape index (κ3) is 2.95. The van der Waals surface area contributed by atoms with E-state index in [0.717, 1.165) is 18.7 Å². The molecule has 1 aromatic rings. The molecule has 3 heteroatoms. The molecule has 1 heterocycles. The molecule has 1 aliphatic heterocycles. The van der Waals surface area contributed by atoms with Gasteiger partial charge >= 0.3 is 0 Å². The smallest absolute Gasteiger partial charge is 0.146 e. The van der Waals surface area contributed by atoms with Gasteiger partial charge in [-0.05, 0) is 50.6 Å². The van der Waals surface area contributed by atoms with Crippen LogP contribution in [0, 0.1) is 12.7 Å². The van der Waals surface area contributed by atoms with Crippen LogP contribution in [0.15, 0.2) is 18.2 Å². The van der Waals surface area contributed by atoms with E-state index in [1.54, 1.807) is 6.07 Å². The molecule has 16 heavy (non-hydrogen) atoms. The van der Waals surface area contributed by atoms with Crippen molar-refractivity contribution in [2.75, 3.05) is 31.5 Å². The summed E-state index contributed by atoms with van der Waals surface area (Å²) in [5.74, 6) is -0.160. The molecule has 1 saturated heterocycles. The molecule has 0 aromatic heterocycles. The Balaban J connectivity index is 1.82. The number of likely N-dealkylation sites (tertiary alicyclic amines) is 1. The number of aryl methyl sites for hydroxylation is 1. The van der Waals surface area contributed by atoms with E-state index in [2.05, 4.69) is 10.2 Å². The van der Waals surface area contributed by atoms with Gasteiger partial charge in [0, 0.05) is 13.1 Å². The van der Waals surface area contributed by atoms with Crippen LogP contribution < -0.4 is 5.32 Å². The molecule has 1 aliphatic rings. The summed E-state index contributed by atoms with van der Waals surface area (Å²) in [6.07, 6.45) is 2.61. The monoisotopic (exact) mass is 222 g/mol. The van der Waals surface area contributed by atoms with Crippen molar-refractivity contribution in [1.82, 2.24) is 4.90 Å². The lowest BCUT2D eigenvalue weighted by Crippen LogP contribution is -2.26. The Hall–Kier alpha value is -1.09. The zero-order chi connectivity index (χ0) is 11.4. The zero-order valence-corrected chi connectivity index (χ0v) is 9.80. The Morgan fingerprint density at radius 1 is 1.31 bits per heavy atom. The van der Waals surface area contributed by atoms with E-state index in [4.69, 9.17) is 0 Å². The first-order chi connectivity index (χ1) is 7.75. The molecule has 88 valence electrons. The predicted octanol–water partition coefficient (Wildman–Crippen LogP) is 2.64. The number of halogens is 1. The maximum Gasteiger partial charge on any atom is 0.146 e. The average molecular weight is 222 g/mol. The second-order valence-corrected chi connectivity index (χ2v) is 4.46. The topological polar surface area (TPSA) is 15.3 Å². The van der Waals surface area contributed by atoms with Crippen molar-refractivity contribution in [1.29, 1.82) is 0 Å². The van der Waals surface area contributed by atoms with Gasteiger partial charge in [-0.3, -0.25) is 0 Å². The van der Waals surface area contributed by atoms with Gasteiger partial charge in [0.15, 0.2) is 0 Å². The summed E-state index contributed by atoms with van der Waals surface area (Å²) in [6, 6.07) is 5.17. The summed E-state index contributed by atoms with van der Waals surface area (Å²) in [5.41, 5.74) is 1.71. The standard InChI is InChI=1S/C13H19FN2/c1-11-4-5-12(14)13(10-11)15-6-9-16-7-2-3-8-16/h4-5,10,15H,2-3,6-9H2,1H3. The number of anilines is 1. The molecule has 0 atom stereocenters. The van der Waals surface area contributed by atoms with E-state index in [1.165, 1.54) is 32.0 Å². The minimum Gasteiger partial charge on any atom is -0.381 e. The van der Waals surface area contributed by atoms with Crippen LogP contribution in [0.25, 0.3) is 0 Å². The van der Waals surface area contributed by atoms with Crippen LogP contribution in [0.1, 0.15) is 18.4 Å². The van der Waals surface area contributed by atoms with Crippen molar-refractivity contribution in [2.45, 2.75) is 19.8 Å². The van der Waals surface area contributed by atoms with Gasteiger partial charge in [-0.15, -0.1) is 0 Å². The lowest BCUT2D eigenvalue weighted by atomic mass is 10.2. The Morgan fingerprint density at radius 3 is 2.81 bits per heavy atom. The van der Waals surface area contributed by atoms with Crippen LogP contribution in [0.5, 0.6) is 0 Å². The highest BCUT2D eigenvalue weighted by molar-refractivity contribution is 5.46. The van der Waals surface area contributed by atoms with E-state index in [0.29, 0.717) is 5.69 Å². The quantitative estimate of drug-likeness (QED) is 0.842. The molecular weight excluding hydrogens is 203 g/mol. The van der Waals surface area contributed by atoms with Gasteiger partial charge in [-0.1, -0.05) is 6.07 Å². The van der Waals surface area contributed by atoms with Crippen molar-refractivity contribution in [3.63, 3.8) is 0 Å². The first-order valence-corrected chi connectivity index (χ1v) is 5.98. The van der Waals surface area contributed by atoms with Gasteiger partial charge in [-0.2, -0.15) is 0 Å². The van der Waals surface area contributed by atoms with Crippen LogP contribution in [0.2, 0.25) is 0 Å². The molecule has 1 aromatic carbocycles. The van der Waals surface area contributed by atoms with Gasteiger partial charge in [-0.25, -0.2) is 4.39 Å². The number of nitrogens with one attached hydrogen (secondary N) is 1. The van der Waals surface area contributed by atoms with E-state index in [-0.39, 0.29) is 5.82 Å². The fraction of sp³-hybridized carbons (Fsp3) is 0.538. The van der Waals surface area contributed by atoms with Crippen LogP contribution >= 0.6 is 0 Å². The Kier molecular flexibility index (Phi) is 3.78. The number of hydrogen-bond donors (Lipinski definition) is 1. The van der Waals surface area contributed by atoms with Gasteiger partial charge in [0.25, 0.3) is 0 Å². The highest BCUT2D eigenvalue weighted by Crippen LogP contribution is 2.15. The summed E-state index contributed by atoms with van der Waals surface area (Å²) in [4.78, 5) is 2.42. The van der Waals surface area contributed by atoms with Gasteiger partial charge in [0.1, 0.15) is 5.82 Å². The normalized spacial score (nSPS) is 16.6. The van der Waals surface area contributed by atoms with Crippen LogP contribution in [-0.4, -0.2) is 31.1 Å². The minimum absolute atomic E-state index is 0.160.